The summed E-state index contributed by atoms with van der Waals surface area (Å²) in [5.74, 6) is 0.713. The van der Waals surface area contributed by atoms with Crippen molar-refractivity contribution in [3.8, 4) is 11.5 Å². The van der Waals surface area contributed by atoms with Gasteiger partial charge >= 0.3 is 0 Å². The smallest absolute Gasteiger partial charge is 0.166 e. The van der Waals surface area contributed by atoms with Gasteiger partial charge in [-0.15, -0.1) is 0 Å². The van der Waals surface area contributed by atoms with Crippen LogP contribution in [0.4, 0.5) is 0 Å². The van der Waals surface area contributed by atoms with E-state index in [4.69, 9.17) is 4.74 Å². The van der Waals surface area contributed by atoms with E-state index in [2.05, 4.69) is 22.4 Å². The predicted molar refractivity (Wildman–Crippen MR) is 77.1 cm³/mol. The Kier molecular flexibility index (Phi) is 4.13. The molecular weight excluding hydrogens is 240 g/mol. The van der Waals surface area contributed by atoms with Gasteiger partial charge < -0.3 is 9.84 Å². The van der Waals surface area contributed by atoms with Gasteiger partial charge in [-0.25, -0.2) is 0 Å². The Labute approximate surface area is 112 Å². The van der Waals surface area contributed by atoms with Crippen molar-refractivity contribution < 1.29 is 9.84 Å². The van der Waals surface area contributed by atoms with Crippen LogP contribution in [0.1, 0.15) is 12.5 Å². The zero-order valence-corrected chi connectivity index (χ0v) is 10.9. The standard InChI is InChI=1S/C15H16N2O2/c1-11(12-6-3-4-7-12)17-16-10-13-8-5-9-14(19-2)15(13)18/h3-10,12,18H,1-2H3/b16-10+,17-11+. The third kappa shape index (κ3) is 3.10. The molecule has 4 nitrogen and oxygen atoms in total. The number of aromatic hydroxyl groups is 1. The number of phenolic OH excluding ortho intramolecular Hbond substituents is 1. The fourth-order valence-corrected chi connectivity index (χ4v) is 1.77. The summed E-state index contributed by atoms with van der Waals surface area (Å²) in [6.07, 6.45) is 9.60. The molecule has 1 aliphatic rings. The average Bonchev–Trinajstić information content (AvgIpc) is 2.94. The molecule has 1 aliphatic carbocycles. The van der Waals surface area contributed by atoms with Gasteiger partial charge in [-0.3, -0.25) is 0 Å². The van der Waals surface area contributed by atoms with Crippen molar-refractivity contribution in [3.05, 3.63) is 48.1 Å². The van der Waals surface area contributed by atoms with Crippen LogP contribution in [-0.4, -0.2) is 24.1 Å². The molecule has 0 saturated carbocycles. The van der Waals surface area contributed by atoms with E-state index >= 15 is 0 Å². The summed E-state index contributed by atoms with van der Waals surface area (Å²) in [6, 6.07) is 5.23. The minimum Gasteiger partial charge on any atom is -0.504 e. The molecule has 0 radical (unpaired) electrons. The molecule has 0 fully saturated rings. The summed E-state index contributed by atoms with van der Waals surface area (Å²) in [5.41, 5.74) is 1.48. The van der Waals surface area contributed by atoms with Crippen LogP contribution in [0.5, 0.6) is 11.5 Å². The molecule has 1 aromatic carbocycles. The molecule has 0 amide bonds. The molecule has 0 aromatic heterocycles. The fourth-order valence-electron chi connectivity index (χ4n) is 1.77. The van der Waals surface area contributed by atoms with Crippen LogP contribution in [-0.2, 0) is 0 Å². The van der Waals surface area contributed by atoms with Crippen molar-refractivity contribution in [3.63, 3.8) is 0 Å². The maximum Gasteiger partial charge on any atom is 0.166 e. The van der Waals surface area contributed by atoms with Crippen molar-refractivity contribution in [1.29, 1.82) is 0 Å². The van der Waals surface area contributed by atoms with Gasteiger partial charge in [0.05, 0.1) is 13.3 Å². The van der Waals surface area contributed by atoms with Crippen molar-refractivity contribution in [1.82, 2.24) is 0 Å². The van der Waals surface area contributed by atoms with Gasteiger partial charge in [0.25, 0.3) is 0 Å². The lowest BCUT2D eigenvalue weighted by Crippen LogP contribution is -2.02. The highest BCUT2D eigenvalue weighted by Gasteiger charge is 2.07. The van der Waals surface area contributed by atoms with Crippen LogP contribution < -0.4 is 4.74 Å². The Balaban J connectivity index is 2.12. The third-order valence-corrected chi connectivity index (χ3v) is 2.89. The molecule has 2 rings (SSSR count). The quantitative estimate of drug-likeness (QED) is 0.665. The molecular formula is C15H16N2O2. The number of benzene rings is 1. The highest BCUT2D eigenvalue weighted by Crippen LogP contribution is 2.28. The fraction of sp³-hybridized carbons (Fsp3) is 0.200. The zero-order chi connectivity index (χ0) is 13.7. The maximum absolute atomic E-state index is 9.88. The molecule has 0 aliphatic heterocycles. The first kappa shape index (κ1) is 13.1. The molecule has 0 saturated heterocycles. The van der Waals surface area contributed by atoms with Crippen LogP contribution in [0.25, 0.3) is 0 Å². The Bertz CT molecular complexity index is 560. The molecule has 1 aromatic rings. The summed E-state index contributed by atoms with van der Waals surface area (Å²) in [6.45, 7) is 1.92. The molecule has 0 spiro atoms. The first-order valence-corrected chi connectivity index (χ1v) is 6.01. The van der Waals surface area contributed by atoms with Crippen molar-refractivity contribution >= 4 is 11.9 Å². The van der Waals surface area contributed by atoms with E-state index in [-0.39, 0.29) is 11.7 Å². The molecule has 0 unspecified atom stereocenters. The number of methoxy groups -OCH3 is 1. The molecule has 4 heteroatoms. The van der Waals surface area contributed by atoms with Crippen LogP contribution in [0, 0.1) is 5.92 Å². The number of rotatable bonds is 4. The third-order valence-electron chi connectivity index (χ3n) is 2.89. The molecule has 0 atom stereocenters. The monoisotopic (exact) mass is 256 g/mol. The molecule has 1 N–H and O–H groups in total. The topological polar surface area (TPSA) is 54.2 Å². The van der Waals surface area contributed by atoms with Gasteiger partial charge in [0.15, 0.2) is 11.5 Å². The summed E-state index contributed by atoms with van der Waals surface area (Å²) in [7, 11) is 1.51. The van der Waals surface area contributed by atoms with Crippen LogP contribution >= 0.6 is 0 Å². The largest absolute Gasteiger partial charge is 0.504 e. The van der Waals surface area contributed by atoms with Gasteiger partial charge in [0.1, 0.15) is 0 Å². The van der Waals surface area contributed by atoms with Crippen LogP contribution in [0.15, 0.2) is 52.7 Å². The maximum atomic E-state index is 9.88. The van der Waals surface area contributed by atoms with E-state index in [0.29, 0.717) is 11.3 Å². The summed E-state index contributed by atoms with van der Waals surface area (Å²) in [4.78, 5) is 0. The second kappa shape index (κ2) is 6.00. The second-order valence-corrected chi connectivity index (χ2v) is 4.18. The lowest BCUT2D eigenvalue weighted by molar-refractivity contribution is 0.373. The van der Waals surface area contributed by atoms with Crippen LogP contribution in [0.2, 0.25) is 0 Å². The summed E-state index contributed by atoms with van der Waals surface area (Å²) < 4.78 is 5.03. The summed E-state index contributed by atoms with van der Waals surface area (Å²) in [5, 5.41) is 18.0. The van der Waals surface area contributed by atoms with Gasteiger partial charge in [0, 0.05) is 17.2 Å². The normalized spacial score (nSPS) is 15.6. The minimum absolute atomic E-state index is 0.0715. The number of allylic oxidation sites excluding steroid dienone is 4. The average molecular weight is 256 g/mol. The number of nitrogens with zero attached hydrogens (tertiary/aromatic N) is 2. The van der Waals surface area contributed by atoms with E-state index < -0.39 is 0 Å². The van der Waals surface area contributed by atoms with Gasteiger partial charge in [-0.1, -0.05) is 30.4 Å². The first-order chi connectivity index (χ1) is 9.22. The number of hydrogen-bond donors (Lipinski definition) is 1. The highest BCUT2D eigenvalue weighted by atomic mass is 16.5. The number of hydrogen-bond acceptors (Lipinski definition) is 4. The van der Waals surface area contributed by atoms with Gasteiger partial charge in [0.2, 0.25) is 0 Å². The van der Waals surface area contributed by atoms with Gasteiger partial charge in [-0.2, -0.15) is 10.2 Å². The van der Waals surface area contributed by atoms with E-state index in [0.717, 1.165) is 5.71 Å². The summed E-state index contributed by atoms with van der Waals surface area (Å²) >= 11 is 0. The second-order valence-electron chi connectivity index (χ2n) is 4.18. The Morgan fingerprint density at radius 1 is 1.32 bits per heavy atom. The SMILES string of the molecule is COc1cccc(/C=N/N=C(\C)C2C=CC=C2)c1O. The molecule has 19 heavy (non-hydrogen) atoms. The number of phenols is 1. The van der Waals surface area contributed by atoms with Crippen molar-refractivity contribution in [2.75, 3.05) is 7.11 Å². The Morgan fingerprint density at radius 2 is 2.05 bits per heavy atom. The Hall–Kier alpha value is -2.36. The van der Waals surface area contributed by atoms with Crippen LogP contribution in [0.3, 0.4) is 0 Å². The van der Waals surface area contributed by atoms with Crippen molar-refractivity contribution in [2.24, 2.45) is 16.1 Å². The Morgan fingerprint density at radius 3 is 2.74 bits per heavy atom. The predicted octanol–water partition coefficient (Wildman–Crippen LogP) is 2.94. The highest BCUT2D eigenvalue weighted by molar-refractivity contribution is 5.90. The lowest BCUT2D eigenvalue weighted by atomic mass is 10.1. The zero-order valence-electron chi connectivity index (χ0n) is 10.9. The first-order valence-electron chi connectivity index (χ1n) is 6.01. The van der Waals surface area contributed by atoms with E-state index in [9.17, 15) is 5.11 Å². The van der Waals surface area contributed by atoms with Gasteiger partial charge in [-0.05, 0) is 19.1 Å². The number of para-hydroxylation sites is 1. The molecule has 0 bridgehead atoms. The van der Waals surface area contributed by atoms with Crippen molar-refractivity contribution in [2.45, 2.75) is 6.92 Å². The molecule has 98 valence electrons. The lowest BCUT2D eigenvalue weighted by Gasteiger charge is -2.04. The number of ether oxygens (including phenoxy) is 1. The molecule has 0 heterocycles. The van der Waals surface area contributed by atoms with E-state index in [1.807, 2.05) is 19.1 Å². The van der Waals surface area contributed by atoms with E-state index in [1.165, 1.54) is 13.3 Å². The minimum atomic E-state index is 0.0715. The van der Waals surface area contributed by atoms with E-state index in [1.54, 1.807) is 18.2 Å².